The van der Waals surface area contributed by atoms with E-state index in [0.29, 0.717) is 17.6 Å². The van der Waals surface area contributed by atoms with Gasteiger partial charge < -0.3 is 14.8 Å². The Morgan fingerprint density at radius 3 is 2.94 bits per heavy atom. The molecule has 0 spiro atoms. The standard InChI is InChI=1S/C13H15NO3/c1-3-6-17-13(16)12-8(2)14-11-5-4-9(15)7-10(11)12/h4-5,7,14-15H,3,6H2,1-2H3. The number of rotatable bonds is 3. The minimum atomic E-state index is -0.346. The molecule has 90 valence electrons. The molecule has 1 heterocycles. The maximum absolute atomic E-state index is 11.9. The van der Waals surface area contributed by atoms with Gasteiger partial charge in [0.2, 0.25) is 0 Å². The highest BCUT2D eigenvalue weighted by atomic mass is 16.5. The second-order valence-corrected chi connectivity index (χ2v) is 3.99. The second kappa shape index (κ2) is 4.49. The topological polar surface area (TPSA) is 62.3 Å². The van der Waals surface area contributed by atoms with Crippen LogP contribution in [0, 0.1) is 6.92 Å². The van der Waals surface area contributed by atoms with E-state index < -0.39 is 0 Å². The smallest absolute Gasteiger partial charge is 0.340 e. The van der Waals surface area contributed by atoms with Gasteiger partial charge in [-0.05, 0) is 31.5 Å². The molecule has 0 unspecified atom stereocenters. The van der Waals surface area contributed by atoms with E-state index >= 15 is 0 Å². The van der Waals surface area contributed by atoms with Gasteiger partial charge in [-0.15, -0.1) is 0 Å². The number of hydrogen-bond acceptors (Lipinski definition) is 3. The van der Waals surface area contributed by atoms with E-state index in [1.54, 1.807) is 18.2 Å². The Morgan fingerprint density at radius 2 is 2.24 bits per heavy atom. The zero-order valence-electron chi connectivity index (χ0n) is 9.91. The van der Waals surface area contributed by atoms with Crippen LogP contribution in [-0.4, -0.2) is 22.7 Å². The number of phenolic OH excluding ortho intramolecular Hbond substituents is 1. The molecule has 4 heteroatoms. The van der Waals surface area contributed by atoms with Gasteiger partial charge in [-0.1, -0.05) is 6.92 Å². The first-order valence-electron chi connectivity index (χ1n) is 5.62. The van der Waals surface area contributed by atoms with E-state index in [1.807, 2.05) is 13.8 Å². The molecule has 0 atom stereocenters. The zero-order chi connectivity index (χ0) is 12.4. The number of hydrogen-bond donors (Lipinski definition) is 2. The van der Waals surface area contributed by atoms with Crippen LogP contribution in [0.15, 0.2) is 18.2 Å². The molecular weight excluding hydrogens is 218 g/mol. The van der Waals surface area contributed by atoms with Crippen LogP contribution < -0.4 is 0 Å². The lowest BCUT2D eigenvalue weighted by atomic mass is 10.1. The predicted molar refractivity (Wildman–Crippen MR) is 65.3 cm³/mol. The number of carbonyl (C=O) groups is 1. The summed E-state index contributed by atoms with van der Waals surface area (Å²) in [6, 6.07) is 4.90. The van der Waals surface area contributed by atoms with Gasteiger partial charge in [-0.2, -0.15) is 0 Å². The summed E-state index contributed by atoms with van der Waals surface area (Å²) in [5, 5.41) is 10.2. The SMILES string of the molecule is CCCOC(=O)c1c(C)[nH]c2ccc(O)cc12. The number of ether oxygens (including phenoxy) is 1. The largest absolute Gasteiger partial charge is 0.508 e. The summed E-state index contributed by atoms with van der Waals surface area (Å²) < 4.78 is 5.12. The van der Waals surface area contributed by atoms with Gasteiger partial charge in [0, 0.05) is 16.6 Å². The van der Waals surface area contributed by atoms with Gasteiger partial charge in [0.1, 0.15) is 5.75 Å². The molecule has 0 aliphatic heterocycles. The summed E-state index contributed by atoms with van der Waals surface area (Å²) >= 11 is 0. The van der Waals surface area contributed by atoms with Crippen LogP contribution in [-0.2, 0) is 4.74 Å². The Bertz CT molecular complexity index is 557. The summed E-state index contributed by atoms with van der Waals surface area (Å²) in [4.78, 5) is 15.0. The molecule has 0 aliphatic carbocycles. The molecule has 1 aromatic heterocycles. The maximum Gasteiger partial charge on any atom is 0.340 e. The third-order valence-corrected chi connectivity index (χ3v) is 2.61. The minimum Gasteiger partial charge on any atom is -0.508 e. The molecule has 0 bridgehead atoms. The first-order chi connectivity index (χ1) is 8.13. The lowest BCUT2D eigenvalue weighted by Gasteiger charge is -2.03. The maximum atomic E-state index is 11.9. The van der Waals surface area contributed by atoms with Crippen LogP contribution in [0.5, 0.6) is 5.75 Å². The van der Waals surface area contributed by atoms with Crippen molar-refractivity contribution in [1.82, 2.24) is 4.98 Å². The summed E-state index contributed by atoms with van der Waals surface area (Å²) in [5.41, 5.74) is 2.08. The molecule has 0 amide bonds. The Kier molecular flexibility index (Phi) is 3.04. The number of aryl methyl sites for hydroxylation is 1. The van der Waals surface area contributed by atoms with Gasteiger partial charge >= 0.3 is 5.97 Å². The fourth-order valence-electron chi connectivity index (χ4n) is 1.84. The van der Waals surface area contributed by atoms with Crippen LogP contribution in [0.1, 0.15) is 29.4 Å². The highest BCUT2D eigenvalue weighted by Gasteiger charge is 2.17. The number of aromatic nitrogens is 1. The Labute approximate surface area is 99.2 Å². The van der Waals surface area contributed by atoms with E-state index in [2.05, 4.69) is 4.98 Å². The molecule has 2 aromatic rings. The van der Waals surface area contributed by atoms with Crippen LogP contribution in [0.2, 0.25) is 0 Å². The number of H-pyrrole nitrogens is 1. The lowest BCUT2D eigenvalue weighted by Crippen LogP contribution is -2.06. The third kappa shape index (κ3) is 2.11. The normalized spacial score (nSPS) is 10.7. The first kappa shape index (κ1) is 11.5. The van der Waals surface area contributed by atoms with Crippen molar-refractivity contribution in [1.29, 1.82) is 0 Å². The molecule has 0 radical (unpaired) electrons. The van der Waals surface area contributed by atoms with Gasteiger partial charge in [0.25, 0.3) is 0 Å². The fraction of sp³-hybridized carbons (Fsp3) is 0.308. The molecule has 2 rings (SSSR count). The molecule has 2 N–H and O–H groups in total. The molecule has 0 saturated carbocycles. The summed E-state index contributed by atoms with van der Waals surface area (Å²) in [6.45, 7) is 4.17. The molecule has 4 nitrogen and oxygen atoms in total. The molecular formula is C13H15NO3. The second-order valence-electron chi connectivity index (χ2n) is 3.99. The molecule has 0 aliphatic rings. The number of benzene rings is 1. The highest BCUT2D eigenvalue weighted by Crippen LogP contribution is 2.26. The number of nitrogens with one attached hydrogen (secondary N) is 1. The van der Waals surface area contributed by atoms with E-state index in [9.17, 15) is 9.90 Å². The van der Waals surface area contributed by atoms with Crippen LogP contribution >= 0.6 is 0 Å². The molecule has 0 fully saturated rings. The van der Waals surface area contributed by atoms with Gasteiger partial charge in [-0.25, -0.2) is 4.79 Å². The summed E-state index contributed by atoms with van der Waals surface area (Å²) in [7, 11) is 0. The van der Waals surface area contributed by atoms with Crippen molar-refractivity contribution in [2.24, 2.45) is 0 Å². The average molecular weight is 233 g/mol. The fourth-order valence-corrected chi connectivity index (χ4v) is 1.84. The lowest BCUT2D eigenvalue weighted by molar-refractivity contribution is 0.0506. The predicted octanol–water partition coefficient (Wildman–Crippen LogP) is 2.75. The summed E-state index contributed by atoms with van der Waals surface area (Å²) in [5.74, 6) is -0.206. The Balaban J connectivity index is 2.48. The van der Waals surface area contributed by atoms with Crippen molar-refractivity contribution in [2.45, 2.75) is 20.3 Å². The monoisotopic (exact) mass is 233 g/mol. The number of esters is 1. The number of fused-ring (bicyclic) bond motifs is 1. The zero-order valence-corrected chi connectivity index (χ0v) is 9.91. The number of carbonyl (C=O) groups excluding carboxylic acids is 1. The van der Waals surface area contributed by atoms with Crippen molar-refractivity contribution in [3.63, 3.8) is 0 Å². The van der Waals surface area contributed by atoms with Crippen molar-refractivity contribution < 1.29 is 14.6 Å². The number of aromatic hydroxyl groups is 1. The van der Waals surface area contributed by atoms with Crippen LogP contribution in [0.3, 0.4) is 0 Å². The first-order valence-corrected chi connectivity index (χ1v) is 5.62. The van der Waals surface area contributed by atoms with Crippen molar-refractivity contribution in [3.8, 4) is 5.75 Å². The van der Waals surface area contributed by atoms with Gasteiger partial charge in [0.15, 0.2) is 0 Å². The van der Waals surface area contributed by atoms with Gasteiger partial charge in [-0.3, -0.25) is 0 Å². The molecule has 1 aromatic carbocycles. The van der Waals surface area contributed by atoms with Crippen LogP contribution in [0.4, 0.5) is 0 Å². The minimum absolute atomic E-state index is 0.140. The third-order valence-electron chi connectivity index (χ3n) is 2.61. The van der Waals surface area contributed by atoms with E-state index in [4.69, 9.17) is 4.74 Å². The summed E-state index contributed by atoms with van der Waals surface area (Å²) in [6.07, 6.45) is 0.790. The molecule has 0 saturated heterocycles. The van der Waals surface area contributed by atoms with E-state index in [1.165, 1.54) is 0 Å². The highest BCUT2D eigenvalue weighted by molar-refractivity contribution is 6.05. The van der Waals surface area contributed by atoms with Crippen molar-refractivity contribution in [3.05, 3.63) is 29.5 Å². The van der Waals surface area contributed by atoms with Crippen LogP contribution in [0.25, 0.3) is 10.9 Å². The van der Waals surface area contributed by atoms with Gasteiger partial charge in [0.05, 0.1) is 12.2 Å². The number of phenols is 1. The Morgan fingerprint density at radius 1 is 1.47 bits per heavy atom. The van der Waals surface area contributed by atoms with E-state index in [0.717, 1.165) is 17.6 Å². The van der Waals surface area contributed by atoms with E-state index in [-0.39, 0.29) is 11.7 Å². The van der Waals surface area contributed by atoms with Crippen molar-refractivity contribution in [2.75, 3.05) is 6.61 Å². The average Bonchev–Trinajstić information content (AvgIpc) is 2.61. The number of aromatic amines is 1. The van der Waals surface area contributed by atoms with Crippen molar-refractivity contribution >= 4 is 16.9 Å². The Hall–Kier alpha value is -1.97. The quantitative estimate of drug-likeness (QED) is 0.801. The molecule has 17 heavy (non-hydrogen) atoms.